The number of halogens is 1. The van der Waals surface area contributed by atoms with Crippen molar-refractivity contribution in [1.82, 2.24) is 0 Å². The minimum Gasteiger partial charge on any atom is -0.303 e. The Labute approximate surface area is 189 Å². The van der Waals surface area contributed by atoms with Crippen LogP contribution in [0.15, 0.2) is 24.3 Å². The van der Waals surface area contributed by atoms with E-state index >= 15 is 0 Å². The molecule has 1 atom stereocenters. The molecule has 0 amide bonds. The second kappa shape index (κ2) is 14.5. The quantitative estimate of drug-likeness (QED) is 0.125. The van der Waals surface area contributed by atoms with Crippen molar-refractivity contribution in [2.75, 3.05) is 0 Å². The number of rotatable bonds is 19. The van der Waals surface area contributed by atoms with Gasteiger partial charge in [0.25, 0.3) is 0 Å². The van der Waals surface area contributed by atoms with Crippen molar-refractivity contribution < 1.29 is 14.0 Å². The van der Waals surface area contributed by atoms with Gasteiger partial charge in [-0.2, -0.15) is 0 Å². The molecule has 0 saturated heterocycles. The number of carbonyl (C=O) groups is 2. The maximum Gasteiger partial charge on any atom is 0.162 e. The summed E-state index contributed by atoms with van der Waals surface area (Å²) in [6, 6.07) is 5.81. The Hall–Kier alpha value is -1.51. The molecule has 1 fully saturated rings. The van der Waals surface area contributed by atoms with E-state index in [0.717, 1.165) is 32.1 Å². The minimum absolute atomic E-state index is 0.0735. The molecule has 1 aliphatic carbocycles. The van der Waals surface area contributed by atoms with Crippen molar-refractivity contribution in [2.24, 2.45) is 11.3 Å². The number of hydrogen-bond donors (Lipinski definition) is 0. The van der Waals surface area contributed by atoms with Crippen molar-refractivity contribution in [2.45, 2.75) is 116 Å². The molecule has 2 rings (SSSR count). The molecule has 0 N–H and O–H groups in total. The standard InChI is InChI=1S/C28H43FO2/c1-2-3-4-5-6-7-8-9-10-11-12-14-25(28(23-30)21-22-28)15-13-16-27(31)24-17-19-26(29)20-18-24/h17-20,23,25H,2-16,21-22H2,1H3. The molecule has 0 aliphatic heterocycles. The van der Waals surface area contributed by atoms with Gasteiger partial charge in [-0.1, -0.05) is 77.6 Å². The number of unbranched alkanes of at least 4 members (excludes halogenated alkanes) is 10. The third-order valence-corrected chi connectivity index (χ3v) is 7.15. The summed E-state index contributed by atoms with van der Waals surface area (Å²) in [6.07, 6.45) is 21.3. The van der Waals surface area contributed by atoms with E-state index in [0.29, 0.717) is 17.9 Å². The van der Waals surface area contributed by atoms with Crippen molar-refractivity contribution >= 4 is 12.1 Å². The Bertz CT molecular complexity index is 633. The van der Waals surface area contributed by atoms with Gasteiger partial charge in [0.15, 0.2) is 5.78 Å². The third kappa shape index (κ3) is 9.66. The first-order chi connectivity index (χ1) is 15.1. The molecule has 0 spiro atoms. The van der Waals surface area contributed by atoms with Crippen molar-refractivity contribution in [3.63, 3.8) is 0 Å². The summed E-state index contributed by atoms with van der Waals surface area (Å²) in [7, 11) is 0. The minimum atomic E-state index is -0.315. The summed E-state index contributed by atoms with van der Waals surface area (Å²) in [6.45, 7) is 2.26. The first-order valence-electron chi connectivity index (χ1n) is 12.9. The summed E-state index contributed by atoms with van der Waals surface area (Å²) in [5, 5.41) is 0. The van der Waals surface area contributed by atoms with Gasteiger partial charge >= 0.3 is 0 Å². The van der Waals surface area contributed by atoms with E-state index in [1.54, 1.807) is 12.1 Å². The second-order valence-corrected chi connectivity index (χ2v) is 9.69. The predicted octanol–water partition coefficient (Wildman–Crippen LogP) is 8.48. The molecule has 1 aromatic carbocycles. The van der Waals surface area contributed by atoms with Gasteiger partial charge in [0, 0.05) is 17.4 Å². The normalized spacial score (nSPS) is 15.5. The smallest absolute Gasteiger partial charge is 0.162 e. The predicted molar refractivity (Wildman–Crippen MR) is 127 cm³/mol. The lowest BCUT2D eigenvalue weighted by molar-refractivity contribution is -0.114. The highest BCUT2D eigenvalue weighted by Crippen LogP contribution is 2.53. The molecule has 0 aromatic heterocycles. The Kier molecular flexibility index (Phi) is 12.1. The number of hydrogen-bond acceptors (Lipinski definition) is 2. The fourth-order valence-electron chi connectivity index (χ4n) is 4.83. The highest BCUT2D eigenvalue weighted by molar-refractivity contribution is 5.95. The summed E-state index contributed by atoms with van der Waals surface area (Å²) < 4.78 is 13.0. The van der Waals surface area contributed by atoms with E-state index in [4.69, 9.17) is 0 Å². The largest absolute Gasteiger partial charge is 0.303 e. The number of benzene rings is 1. The summed E-state index contributed by atoms with van der Waals surface area (Å²) in [5.74, 6) is 0.180. The summed E-state index contributed by atoms with van der Waals surface area (Å²) >= 11 is 0. The molecule has 174 valence electrons. The zero-order chi connectivity index (χ0) is 22.4. The lowest BCUT2D eigenvalue weighted by atomic mass is 9.81. The molecule has 1 aliphatic rings. The van der Waals surface area contributed by atoms with Gasteiger partial charge in [0.05, 0.1) is 0 Å². The zero-order valence-corrected chi connectivity index (χ0v) is 19.7. The Morgan fingerprint density at radius 2 is 1.39 bits per heavy atom. The molecule has 0 bridgehead atoms. The average Bonchev–Trinajstić information content (AvgIpc) is 3.58. The van der Waals surface area contributed by atoms with Crippen LogP contribution in [0.3, 0.4) is 0 Å². The first kappa shape index (κ1) is 25.7. The van der Waals surface area contributed by atoms with Gasteiger partial charge in [-0.3, -0.25) is 4.79 Å². The zero-order valence-electron chi connectivity index (χ0n) is 19.7. The van der Waals surface area contributed by atoms with Gasteiger partial charge < -0.3 is 4.79 Å². The summed E-state index contributed by atoms with van der Waals surface area (Å²) in [4.78, 5) is 24.0. The van der Waals surface area contributed by atoms with Crippen molar-refractivity contribution in [3.8, 4) is 0 Å². The SMILES string of the molecule is CCCCCCCCCCCCCC(CCCC(=O)c1ccc(F)cc1)C1(C=O)CC1. The van der Waals surface area contributed by atoms with Gasteiger partial charge in [0.1, 0.15) is 12.1 Å². The van der Waals surface area contributed by atoms with Crippen LogP contribution in [0.25, 0.3) is 0 Å². The van der Waals surface area contributed by atoms with Crippen LogP contribution in [0.2, 0.25) is 0 Å². The van der Waals surface area contributed by atoms with Crippen LogP contribution in [-0.2, 0) is 4.79 Å². The molecule has 0 heterocycles. The number of carbonyl (C=O) groups excluding carboxylic acids is 2. The molecule has 1 unspecified atom stereocenters. The lowest BCUT2D eigenvalue weighted by Crippen LogP contribution is -2.18. The first-order valence-corrected chi connectivity index (χ1v) is 12.9. The Morgan fingerprint density at radius 1 is 0.871 bits per heavy atom. The highest BCUT2D eigenvalue weighted by atomic mass is 19.1. The van der Waals surface area contributed by atoms with Gasteiger partial charge in [-0.05, 0) is 62.3 Å². The number of Topliss-reactive ketones (excluding diaryl/α,β-unsaturated/α-hetero) is 1. The third-order valence-electron chi connectivity index (χ3n) is 7.15. The van der Waals surface area contributed by atoms with E-state index in [1.807, 2.05) is 0 Å². The van der Waals surface area contributed by atoms with E-state index in [1.165, 1.54) is 89.0 Å². The van der Waals surface area contributed by atoms with E-state index in [-0.39, 0.29) is 17.0 Å². The van der Waals surface area contributed by atoms with Crippen LogP contribution >= 0.6 is 0 Å². The molecule has 1 saturated carbocycles. The molecule has 2 nitrogen and oxygen atoms in total. The van der Waals surface area contributed by atoms with Gasteiger partial charge in [-0.25, -0.2) is 4.39 Å². The van der Waals surface area contributed by atoms with E-state index < -0.39 is 0 Å². The highest BCUT2D eigenvalue weighted by Gasteiger charge is 2.48. The van der Waals surface area contributed by atoms with Crippen LogP contribution in [0.4, 0.5) is 4.39 Å². The van der Waals surface area contributed by atoms with Crippen molar-refractivity contribution in [1.29, 1.82) is 0 Å². The van der Waals surface area contributed by atoms with Gasteiger partial charge in [0.2, 0.25) is 0 Å². The number of ketones is 1. The fraction of sp³-hybridized carbons (Fsp3) is 0.714. The maximum atomic E-state index is 13.0. The lowest BCUT2D eigenvalue weighted by Gasteiger charge is -2.22. The number of aldehydes is 1. The second-order valence-electron chi connectivity index (χ2n) is 9.69. The topological polar surface area (TPSA) is 34.1 Å². The Balaban J connectivity index is 1.60. The summed E-state index contributed by atoms with van der Waals surface area (Å²) in [5.41, 5.74) is 0.483. The molecule has 31 heavy (non-hydrogen) atoms. The maximum absolute atomic E-state index is 13.0. The van der Waals surface area contributed by atoms with Crippen molar-refractivity contribution in [3.05, 3.63) is 35.6 Å². The Morgan fingerprint density at radius 3 is 1.90 bits per heavy atom. The van der Waals surface area contributed by atoms with E-state index in [9.17, 15) is 14.0 Å². The van der Waals surface area contributed by atoms with Crippen LogP contribution in [0, 0.1) is 17.2 Å². The molecular weight excluding hydrogens is 387 g/mol. The van der Waals surface area contributed by atoms with Crippen LogP contribution in [0.5, 0.6) is 0 Å². The van der Waals surface area contributed by atoms with Crippen LogP contribution < -0.4 is 0 Å². The molecule has 0 radical (unpaired) electrons. The molecule has 1 aromatic rings. The fourth-order valence-corrected chi connectivity index (χ4v) is 4.83. The monoisotopic (exact) mass is 430 g/mol. The van der Waals surface area contributed by atoms with Crippen LogP contribution in [0.1, 0.15) is 126 Å². The van der Waals surface area contributed by atoms with Gasteiger partial charge in [-0.15, -0.1) is 0 Å². The van der Waals surface area contributed by atoms with E-state index in [2.05, 4.69) is 6.92 Å². The average molecular weight is 431 g/mol. The van der Waals surface area contributed by atoms with Crippen LogP contribution in [-0.4, -0.2) is 12.1 Å². The molecule has 3 heteroatoms. The molecular formula is C28H43FO2.